The first kappa shape index (κ1) is 33.4. The number of ether oxygens (including phenoxy) is 1. The Morgan fingerprint density at radius 3 is 1.26 bits per heavy atom. The molecule has 0 spiro atoms. The highest BCUT2D eigenvalue weighted by molar-refractivity contribution is 6.74. The molecule has 1 aliphatic heterocycles. The molecule has 0 aromatic heterocycles. The molecular weight excluding hydrogens is 499 g/mol. The van der Waals surface area contributed by atoms with Gasteiger partial charge < -0.3 is 18.0 Å². The Morgan fingerprint density at radius 2 is 0.943 bits per heavy atom. The quantitative estimate of drug-likeness (QED) is 0.116. The molecule has 0 radical (unpaired) electrons. The molecule has 0 saturated carbocycles. The predicted octanol–water partition coefficient (Wildman–Crippen LogP) is 6.26. The van der Waals surface area contributed by atoms with Crippen molar-refractivity contribution in [2.75, 3.05) is 6.61 Å². The van der Waals surface area contributed by atoms with Crippen molar-refractivity contribution in [2.45, 2.75) is 147 Å². The number of hydrogen-bond donors (Lipinski definition) is 2. The molecule has 35 heavy (non-hydrogen) atoms. The Bertz CT molecular complexity index is 553. The van der Waals surface area contributed by atoms with Crippen molar-refractivity contribution >= 4 is 25.0 Å². The van der Waals surface area contributed by atoms with Crippen LogP contribution in [0.1, 0.15) is 62.3 Å². The number of hydrogen-bond acceptors (Lipinski definition) is 8. The Morgan fingerprint density at radius 1 is 0.600 bits per heavy atom. The molecule has 210 valence electrons. The first-order valence-corrected chi connectivity index (χ1v) is 21.6. The molecule has 0 aromatic carbocycles. The van der Waals surface area contributed by atoms with E-state index in [-0.39, 0.29) is 6.61 Å². The molecule has 8 nitrogen and oxygen atoms in total. The van der Waals surface area contributed by atoms with E-state index in [1.165, 1.54) is 0 Å². The summed E-state index contributed by atoms with van der Waals surface area (Å²) in [5, 5.41) is 9.44. The van der Waals surface area contributed by atoms with Crippen LogP contribution in [-0.4, -0.2) is 67.5 Å². The number of nitrogens with two attached hydrogens (primary N) is 1. The monoisotopic (exact) mass is 553 g/mol. The molecule has 1 saturated heterocycles. The molecule has 1 rings (SSSR count). The van der Waals surface area contributed by atoms with Crippen molar-refractivity contribution in [2.24, 2.45) is 5.90 Å². The molecule has 0 aromatic rings. The van der Waals surface area contributed by atoms with E-state index >= 15 is 0 Å². The lowest BCUT2D eigenvalue weighted by Gasteiger charge is -2.52. The standard InChI is InChI=1S/C24H55NO7Si3/c1-10-33(11-2,12-3)30-21-20(19-27-26)28-24(29-25)23(32-35(16-7,17-8)18-9)22(21)31-34(13-4,14-5)15-6/h20-24,26H,10-19,25H2,1-9H3/t20?,21-,22+,23-,24?/m1/s1. The minimum atomic E-state index is -2.08. The van der Waals surface area contributed by atoms with Gasteiger partial charge >= 0.3 is 0 Å². The van der Waals surface area contributed by atoms with Crippen LogP contribution in [0.5, 0.6) is 0 Å². The van der Waals surface area contributed by atoms with Gasteiger partial charge in [-0.1, -0.05) is 62.3 Å². The maximum atomic E-state index is 9.44. The normalized spacial score (nSPS) is 26.3. The van der Waals surface area contributed by atoms with Crippen molar-refractivity contribution in [3.8, 4) is 0 Å². The van der Waals surface area contributed by atoms with Crippen molar-refractivity contribution in [1.82, 2.24) is 0 Å². The zero-order chi connectivity index (χ0) is 26.7. The van der Waals surface area contributed by atoms with E-state index in [2.05, 4.69) is 67.2 Å². The third-order valence-electron chi connectivity index (χ3n) is 8.92. The first-order chi connectivity index (χ1) is 16.7. The topological polar surface area (TPSA) is 102 Å². The molecule has 11 heteroatoms. The van der Waals surface area contributed by atoms with E-state index in [1.54, 1.807) is 0 Å². The maximum absolute atomic E-state index is 9.44. The zero-order valence-electron chi connectivity index (χ0n) is 23.9. The van der Waals surface area contributed by atoms with Crippen molar-refractivity contribution in [3.05, 3.63) is 0 Å². The minimum Gasteiger partial charge on any atom is -0.408 e. The fourth-order valence-corrected chi connectivity index (χ4v) is 14.0. The third-order valence-corrected chi connectivity index (χ3v) is 22.8. The van der Waals surface area contributed by atoms with Crippen LogP contribution < -0.4 is 5.90 Å². The lowest BCUT2D eigenvalue weighted by Crippen LogP contribution is -2.68. The molecule has 2 unspecified atom stereocenters. The predicted molar refractivity (Wildman–Crippen MR) is 149 cm³/mol. The van der Waals surface area contributed by atoms with Gasteiger partial charge in [-0.15, -0.1) is 0 Å². The summed E-state index contributed by atoms with van der Waals surface area (Å²) in [6.45, 7) is 19.9. The summed E-state index contributed by atoms with van der Waals surface area (Å²) >= 11 is 0. The Balaban J connectivity index is 3.68. The lowest BCUT2D eigenvalue weighted by molar-refractivity contribution is -0.326. The summed E-state index contributed by atoms with van der Waals surface area (Å²) in [4.78, 5) is 10.0. The second kappa shape index (κ2) is 15.7. The van der Waals surface area contributed by atoms with Crippen molar-refractivity contribution in [3.63, 3.8) is 0 Å². The van der Waals surface area contributed by atoms with E-state index in [4.69, 9.17) is 28.7 Å². The van der Waals surface area contributed by atoms with Gasteiger partial charge in [-0.3, -0.25) is 10.1 Å². The summed E-state index contributed by atoms with van der Waals surface area (Å²) in [5.41, 5.74) is 0. The van der Waals surface area contributed by atoms with E-state index < -0.39 is 55.7 Å². The summed E-state index contributed by atoms with van der Waals surface area (Å²) in [6, 6.07) is 8.96. The van der Waals surface area contributed by atoms with Crippen LogP contribution in [0, 0.1) is 0 Å². The van der Waals surface area contributed by atoms with Crippen molar-refractivity contribution in [1.29, 1.82) is 0 Å². The van der Waals surface area contributed by atoms with Crippen molar-refractivity contribution < 1.29 is 33.0 Å². The van der Waals surface area contributed by atoms with E-state index in [0.29, 0.717) is 0 Å². The Hall–Kier alpha value is 0.331. The van der Waals surface area contributed by atoms with Gasteiger partial charge in [0, 0.05) is 0 Å². The van der Waals surface area contributed by atoms with E-state index in [9.17, 15) is 5.26 Å². The first-order valence-electron chi connectivity index (χ1n) is 14.0. The van der Waals surface area contributed by atoms with Crippen LogP contribution in [0.15, 0.2) is 0 Å². The molecule has 3 N–H and O–H groups in total. The van der Waals surface area contributed by atoms with Gasteiger partial charge in [-0.05, 0) is 54.4 Å². The minimum absolute atomic E-state index is 0.0461. The van der Waals surface area contributed by atoms with Gasteiger partial charge in [0.2, 0.25) is 6.29 Å². The van der Waals surface area contributed by atoms with Gasteiger partial charge in [0.1, 0.15) is 31.0 Å². The van der Waals surface area contributed by atoms with Crippen LogP contribution in [0.2, 0.25) is 54.4 Å². The third kappa shape index (κ3) is 7.92. The average molecular weight is 554 g/mol. The van der Waals surface area contributed by atoms with Crippen LogP contribution in [0.4, 0.5) is 0 Å². The van der Waals surface area contributed by atoms with Crippen LogP contribution in [0.3, 0.4) is 0 Å². The zero-order valence-corrected chi connectivity index (χ0v) is 26.9. The molecule has 0 bridgehead atoms. The smallest absolute Gasteiger partial charge is 0.205 e. The Kier molecular flexibility index (Phi) is 14.9. The molecule has 5 atom stereocenters. The molecule has 1 aliphatic rings. The summed E-state index contributed by atoms with van der Waals surface area (Å²) in [6.07, 6.45) is -2.74. The fraction of sp³-hybridized carbons (Fsp3) is 1.00. The van der Waals surface area contributed by atoms with Crippen LogP contribution in [-0.2, 0) is 27.7 Å². The summed E-state index contributed by atoms with van der Waals surface area (Å²) in [7, 11) is -6.22. The molecular formula is C24H55NO7Si3. The average Bonchev–Trinajstić information content (AvgIpc) is 2.91. The largest absolute Gasteiger partial charge is 0.408 e. The van der Waals surface area contributed by atoms with Crippen LogP contribution >= 0.6 is 0 Å². The molecule has 0 aliphatic carbocycles. The van der Waals surface area contributed by atoms with Gasteiger partial charge in [-0.25, -0.2) is 10.8 Å². The summed E-state index contributed by atoms with van der Waals surface area (Å²) in [5.74, 6) is 5.80. The lowest BCUT2D eigenvalue weighted by atomic mass is 9.99. The fourth-order valence-electron chi connectivity index (χ4n) is 5.46. The highest BCUT2D eigenvalue weighted by atomic mass is 28.4. The van der Waals surface area contributed by atoms with Gasteiger partial charge in [0.15, 0.2) is 25.0 Å². The van der Waals surface area contributed by atoms with Crippen LogP contribution in [0.25, 0.3) is 0 Å². The number of rotatable bonds is 18. The second-order valence-corrected chi connectivity index (χ2v) is 24.1. The maximum Gasteiger partial charge on any atom is 0.205 e. The molecule has 0 amide bonds. The van der Waals surface area contributed by atoms with Gasteiger partial charge in [0.05, 0.1) is 0 Å². The second-order valence-electron chi connectivity index (χ2n) is 9.95. The van der Waals surface area contributed by atoms with E-state index in [1.807, 2.05) is 0 Å². The molecule has 1 heterocycles. The SMILES string of the molecule is CC[Si](CC)(CC)O[C@H]1[C@H](O[Si](CC)(CC)CC)C(COO)OC(ON)[C@@H]1O[Si](CC)(CC)CC. The summed E-state index contributed by atoms with van der Waals surface area (Å²) < 4.78 is 27.6. The Labute approximate surface area is 217 Å². The highest BCUT2D eigenvalue weighted by Crippen LogP contribution is 2.39. The molecule has 1 fully saturated rings. The van der Waals surface area contributed by atoms with Gasteiger partial charge in [-0.2, -0.15) is 0 Å². The van der Waals surface area contributed by atoms with Gasteiger partial charge in [0.25, 0.3) is 0 Å². The highest BCUT2D eigenvalue weighted by Gasteiger charge is 2.54. The van der Waals surface area contributed by atoms with E-state index in [0.717, 1.165) is 54.4 Å².